The van der Waals surface area contributed by atoms with Crippen LogP contribution in [-0.2, 0) is 0 Å². The van der Waals surface area contributed by atoms with Crippen molar-refractivity contribution in [2.45, 2.75) is 39.5 Å². The number of hydrogen-bond acceptors (Lipinski definition) is 0. The molecule has 0 nitrogen and oxygen atoms in total. The van der Waals surface area contributed by atoms with E-state index in [1.165, 1.54) is 31.0 Å². The molecule has 0 radical (unpaired) electrons. The van der Waals surface area contributed by atoms with Gasteiger partial charge >= 0.3 is 0 Å². The Balaban J connectivity index is 2.95. The molecule has 0 aliphatic rings. The number of halogens is 1. The maximum Gasteiger partial charge on any atom is 0.00314 e. The van der Waals surface area contributed by atoms with Gasteiger partial charge in [0.05, 0.1) is 0 Å². The average molecular weight is 193 g/mol. The largest absolute Gasteiger partial charge is 0.0928 e. The second-order valence-corrected chi connectivity index (χ2v) is 3.52. The van der Waals surface area contributed by atoms with E-state index in [9.17, 15) is 0 Å². The highest BCUT2D eigenvalue weighted by atomic mass is 79.9. The Hall–Kier alpha value is 0.480. The van der Waals surface area contributed by atoms with Crippen molar-refractivity contribution in [3.05, 3.63) is 0 Å². The summed E-state index contributed by atoms with van der Waals surface area (Å²) in [5, 5.41) is 1.17. The zero-order chi connectivity index (χ0) is 7.11. The number of hydrogen-bond donors (Lipinski definition) is 0. The second-order valence-electron chi connectivity index (χ2n) is 2.73. The molecule has 9 heavy (non-hydrogen) atoms. The highest BCUT2D eigenvalue weighted by Crippen LogP contribution is 2.12. The van der Waals surface area contributed by atoms with E-state index in [1.807, 2.05) is 0 Å². The van der Waals surface area contributed by atoms with Crippen molar-refractivity contribution < 1.29 is 0 Å². The Morgan fingerprint density at radius 2 is 2.00 bits per heavy atom. The van der Waals surface area contributed by atoms with Gasteiger partial charge in [-0.1, -0.05) is 42.6 Å². The van der Waals surface area contributed by atoms with Crippen molar-refractivity contribution in [3.63, 3.8) is 0 Å². The Labute approximate surface area is 67.2 Å². The van der Waals surface area contributed by atoms with Crippen LogP contribution in [-0.4, -0.2) is 5.33 Å². The van der Waals surface area contributed by atoms with Crippen LogP contribution in [0, 0.1) is 5.92 Å². The predicted molar refractivity (Wildman–Crippen MR) is 47.1 cm³/mol. The maximum absolute atomic E-state index is 3.43. The quantitative estimate of drug-likeness (QED) is 0.585. The Bertz CT molecular complexity index is 52.5. The standard InChI is InChI=1S/C8H17Br/c1-3-5-8(2)6-4-7-9/h8H,3-7H2,1-2H3. The van der Waals surface area contributed by atoms with Gasteiger partial charge in [-0.05, 0) is 18.8 Å². The topological polar surface area (TPSA) is 0 Å². The molecule has 0 fully saturated rings. The van der Waals surface area contributed by atoms with Gasteiger partial charge in [-0.25, -0.2) is 0 Å². The lowest BCUT2D eigenvalue weighted by Gasteiger charge is -2.06. The van der Waals surface area contributed by atoms with E-state index in [4.69, 9.17) is 0 Å². The highest BCUT2D eigenvalue weighted by Gasteiger charge is 1.97. The maximum atomic E-state index is 3.43. The molecule has 1 unspecified atom stereocenters. The minimum atomic E-state index is 0.938. The molecular formula is C8H17Br. The molecule has 0 aliphatic carbocycles. The van der Waals surface area contributed by atoms with Crippen LogP contribution in [0.25, 0.3) is 0 Å². The van der Waals surface area contributed by atoms with Crippen molar-refractivity contribution >= 4 is 15.9 Å². The molecule has 0 spiro atoms. The monoisotopic (exact) mass is 192 g/mol. The van der Waals surface area contributed by atoms with Gasteiger partial charge in [0.1, 0.15) is 0 Å². The second kappa shape index (κ2) is 6.60. The van der Waals surface area contributed by atoms with Crippen LogP contribution in [0.4, 0.5) is 0 Å². The van der Waals surface area contributed by atoms with Crippen LogP contribution in [0.1, 0.15) is 39.5 Å². The normalized spacial score (nSPS) is 13.7. The summed E-state index contributed by atoms with van der Waals surface area (Å²) in [4.78, 5) is 0. The number of rotatable bonds is 5. The van der Waals surface area contributed by atoms with Crippen LogP contribution >= 0.6 is 15.9 Å². The molecule has 0 aromatic rings. The molecule has 1 heteroatoms. The smallest absolute Gasteiger partial charge is 0.00314 e. The molecular weight excluding hydrogens is 176 g/mol. The van der Waals surface area contributed by atoms with E-state index < -0.39 is 0 Å². The van der Waals surface area contributed by atoms with Crippen molar-refractivity contribution in [3.8, 4) is 0 Å². The lowest BCUT2D eigenvalue weighted by molar-refractivity contribution is 0.483. The molecule has 0 bridgehead atoms. The molecule has 0 N–H and O–H groups in total. The summed E-state index contributed by atoms with van der Waals surface area (Å²) in [7, 11) is 0. The summed E-state index contributed by atoms with van der Waals surface area (Å²) in [6.45, 7) is 4.59. The van der Waals surface area contributed by atoms with Gasteiger partial charge in [-0.3, -0.25) is 0 Å². The molecule has 0 aromatic carbocycles. The summed E-state index contributed by atoms with van der Waals surface area (Å²) in [5.41, 5.74) is 0. The van der Waals surface area contributed by atoms with Gasteiger partial charge in [-0.2, -0.15) is 0 Å². The van der Waals surface area contributed by atoms with E-state index in [1.54, 1.807) is 0 Å². The van der Waals surface area contributed by atoms with Crippen molar-refractivity contribution in [1.29, 1.82) is 0 Å². The SMILES string of the molecule is CCCC(C)CCCBr. The van der Waals surface area contributed by atoms with Crippen molar-refractivity contribution in [2.24, 2.45) is 5.92 Å². The van der Waals surface area contributed by atoms with Gasteiger partial charge in [0.2, 0.25) is 0 Å². The first-order chi connectivity index (χ1) is 4.31. The van der Waals surface area contributed by atoms with E-state index in [-0.39, 0.29) is 0 Å². The summed E-state index contributed by atoms with van der Waals surface area (Å²) >= 11 is 3.43. The van der Waals surface area contributed by atoms with Gasteiger partial charge in [0, 0.05) is 5.33 Å². The molecule has 56 valence electrons. The Morgan fingerprint density at radius 3 is 2.44 bits per heavy atom. The Morgan fingerprint density at radius 1 is 1.33 bits per heavy atom. The van der Waals surface area contributed by atoms with E-state index in [2.05, 4.69) is 29.8 Å². The fourth-order valence-electron chi connectivity index (χ4n) is 1.06. The fourth-order valence-corrected chi connectivity index (χ4v) is 1.39. The van der Waals surface area contributed by atoms with E-state index in [0.717, 1.165) is 5.92 Å². The molecule has 0 rings (SSSR count). The predicted octanol–water partition coefficient (Wildman–Crippen LogP) is 3.60. The first-order valence-electron chi connectivity index (χ1n) is 3.87. The fraction of sp³-hybridized carbons (Fsp3) is 1.00. The molecule has 0 aromatic heterocycles. The van der Waals surface area contributed by atoms with E-state index >= 15 is 0 Å². The van der Waals surface area contributed by atoms with Gasteiger partial charge in [0.25, 0.3) is 0 Å². The molecule has 0 amide bonds. The van der Waals surface area contributed by atoms with E-state index in [0.29, 0.717) is 0 Å². The molecule has 0 aliphatic heterocycles. The number of alkyl halides is 1. The van der Waals surface area contributed by atoms with Crippen LogP contribution in [0.3, 0.4) is 0 Å². The summed E-state index contributed by atoms with van der Waals surface area (Å²) in [6, 6.07) is 0. The summed E-state index contributed by atoms with van der Waals surface area (Å²) < 4.78 is 0. The summed E-state index contributed by atoms with van der Waals surface area (Å²) in [6.07, 6.45) is 5.46. The molecule has 0 saturated heterocycles. The zero-order valence-corrected chi connectivity index (χ0v) is 8.08. The van der Waals surface area contributed by atoms with Crippen LogP contribution in [0.2, 0.25) is 0 Å². The zero-order valence-electron chi connectivity index (χ0n) is 6.49. The van der Waals surface area contributed by atoms with Gasteiger partial charge in [-0.15, -0.1) is 0 Å². The van der Waals surface area contributed by atoms with Crippen LogP contribution in [0.5, 0.6) is 0 Å². The first kappa shape index (κ1) is 9.48. The highest BCUT2D eigenvalue weighted by molar-refractivity contribution is 9.09. The summed E-state index contributed by atoms with van der Waals surface area (Å²) in [5.74, 6) is 0.938. The lowest BCUT2D eigenvalue weighted by Crippen LogP contribution is -1.93. The van der Waals surface area contributed by atoms with Crippen molar-refractivity contribution in [1.82, 2.24) is 0 Å². The van der Waals surface area contributed by atoms with Crippen LogP contribution < -0.4 is 0 Å². The van der Waals surface area contributed by atoms with Crippen LogP contribution in [0.15, 0.2) is 0 Å². The first-order valence-corrected chi connectivity index (χ1v) is 4.99. The molecule has 0 saturated carbocycles. The minimum Gasteiger partial charge on any atom is -0.0928 e. The molecule has 0 heterocycles. The average Bonchev–Trinajstić information content (AvgIpc) is 1.85. The minimum absolute atomic E-state index is 0.938. The van der Waals surface area contributed by atoms with Gasteiger partial charge in [0.15, 0.2) is 0 Å². The van der Waals surface area contributed by atoms with Crippen molar-refractivity contribution in [2.75, 3.05) is 5.33 Å². The third kappa shape index (κ3) is 6.36. The third-order valence-electron chi connectivity index (χ3n) is 1.61. The molecule has 1 atom stereocenters. The van der Waals surface area contributed by atoms with Gasteiger partial charge < -0.3 is 0 Å². The third-order valence-corrected chi connectivity index (χ3v) is 2.17. The Kier molecular flexibility index (Phi) is 6.95. The lowest BCUT2D eigenvalue weighted by atomic mass is 10.0.